The van der Waals surface area contributed by atoms with Crippen LogP contribution in [0.5, 0.6) is 11.5 Å². The van der Waals surface area contributed by atoms with Crippen LogP contribution in [0.1, 0.15) is 22.6 Å². The Kier molecular flexibility index (Phi) is 4.63. The van der Waals surface area contributed by atoms with Crippen LogP contribution in [0.25, 0.3) is 0 Å². The fourth-order valence-corrected chi connectivity index (χ4v) is 3.24. The summed E-state index contributed by atoms with van der Waals surface area (Å²) in [6, 6.07) is 3.93. The number of hydrogen-bond acceptors (Lipinski definition) is 5. The molecular weight excluding hydrogens is 308 g/mol. The van der Waals surface area contributed by atoms with Crippen LogP contribution in [0.2, 0.25) is 5.02 Å². The van der Waals surface area contributed by atoms with E-state index in [0.717, 1.165) is 36.5 Å². The molecular formula is C15H17ClN2O2S. The van der Waals surface area contributed by atoms with Gasteiger partial charge in [-0.1, -0.05) is 11.6 Å². The Morgan fingerprint density at radius 3 is 2.95 bits per heavy atom. The number of nitrogens with one attached hydrogen (secondary N) is 1. The summed E-state index contributed by atoms with van der Waals surface area (Å²) in [7, 11) is 0. The summed E-state index contributed by atoms with van der Waals surface area (Å²) in [5, 5.41) is 4.02. The predicted molar refractivity (Wildman–Crippen MR) is 84.5 cm³/mol. The van der Waals surface area contributed by atoms with E-state index in [0.29, 0.717) is 24.0 Å². The van der Waals surface area contributed by atoms with E-state index in [1.54, 1.807) is 11.3 Å². The van der Waals surface area contributed by atoms with Crippen LogP contribution in [-0.2, 0) is 13.1 Å². The summed E-state index contributed by atoms with van der Waals surface area (Å²) in [6.45, 7) is 4.88. The lowest BCUT2D eigenvalue weighted by molar-refractivity contribution is 0.297. The van der Waals surface area contributed by atoms with Crippen LogP contribution in [0, 0.1) is 6.92 Å². The van der Waals surface area contributed by atoms with E-state index in [4.69, 9.17) is 21.1 Å². The predicted octanol–water partition coefficient (Wildman–Crippen LogP) is 3.56. The molecule has 112 valence electrons. The van der Waals surface area contributed by atoms with Gasteiger partial charge in [-0.05, 0) is 24.6 Å². The number of ether oxygens (including phenoxy) is 2. The summed E-state index contributed by atoms with van der Waals surface area (Å²) >= 11 is 7.95. The number of fused-ring (bicyclic) bond motifs is 1. The van der Waals surface area contributed by atoms with Gasteiger partial charge in [0.1, 0.15) is 0 Å². The van der Waals surface area contributed by atoms with Crippen molar-refractivity contribution in [3.05, 3.63) is 38.8 Å². The Morgan fingerprint density at radius 1 is 1.29 bits per heavy atom. The largest absolute Gasteiger partial charge is 0.489 e. The van der Waals surface area contributed by atoms with Gasteiger partial charge in [0.05, 0.1) is 29.4 Å². The molecule has 0 aliphatic carbocycles. The molecule has 0 unspecified atom stereocenters. The molecule has 21 heavy (non-hydrogen) atoms. The molecule has 2 heterocycles. The van der Waals surface area contributed by atoms with Gasteiger partial charge in [-0.3, -0.25) is 0 Å². The summed E-state index contributed by atoms with van der Waals surface area (Å²) in [5.74, 6) is 1.40. The summed E-state index contributed by atoms with van der Waals surface area (Å²) in [6.07, 6.45) is 0.878. The molecule has 0 bridgehead atoms. The van der Waals surface area contributed by atoms with Crippen molar-refractivity contribution in [2.45, 2.75) is 26.4 Å². The average molecular weight is 325 g/mol. The molecule has 1 aliphatic heterocycles. The first-order valence-electron chi connectivity index (χ1n) is 6.92. The standard InChI is InChI=1S/C15H17ClN2O2S/c1-10-14(21-9-18-10)8-17-7-11-5-12(16)15-13(6-11)19-3-2-4-20-15/h5-6,9,17H,2-4,7-8H2,1H3. The van der Waals surface area contributed by atoms with Crippen LogP contribution in [0.3, 0.4) is 0 Å². The number of aryl methyl sites for hydroxylation is 1. The van der Waals surface area contributed by atoms with Crippen molar-refractivity contribution in [2.75, 3.05) is 13.2 Å². The van der Waals surface area contributed by atoms with E-state index in [1.807, 2.05) is 24.6 Å². The minimum absolute atomic E-state index is 0.611. The molecule has 1 aromatic heterocycles. The number of thiazole rings is 1. The van der Waals surface area contributed by atoms with E-state index < -0.39 is 0 Å². The summed E-state index contributed by atoms with van der Waals surface area (Å²) in [4.78, 5) is 5.51. The van der Waals surface area contributed by atoms with Crippen molar-refractivity contribution in [3.8, 4) is 11.5 Å². The molecule has 0 atom stereocenters. The van der Waals surface area contributed by atoms with Crippen molar-refractivity contribution in [3.63, 3.8) is 0 Å². The normalized spacial score (nSPS) is 14.0. The first kappa shape index (κ1) is 14.6. The first-order chi connectivity index (χ1) is 10.2. The van der Waals surface area contributed by atoms with Crippen molar-refractivity contribution >= 4 is 22.9 Å². The van der Waals surface area contributed by atoms with E-state index in [-0.39, 0.29) is 0 Å². The topological polar surface area (TPSA) is 43.4 Å². The quantitative estimate of drug-likeness (QED) is 0.934. The second kappa shape index (κ2) is 6.64. The van der Waals surface area contributed by atoms with Crippen molar-refractivity contribution in [2.24, 2.45) is 0 Å². The molecule has 0 radical (unpaired) electrons. The third-order valence-corrected chi connectivity index (χ3v) is 4.54. The van der Waals surface area contributed by atoms with Crippen LogP contribution in [0.15, 0.2) is 17.6 Å². The zero-order valence-electron chi connectivity index (χ0n) is 11.8. The van der Waals surface area contributed by atoms with Crippen LogP contribution >= 0.6 is 22.9 Å². The van der Waals surface area contributed by atoms with Gasteiger partial charge in [0.15, 0.2) is 11.5 Å². The molecule has 0 spiro atoms. The fourth-order valence-electron chi connectivity index (χ4n) is 2.20. The maximum atomic E-state index is 6.28. The zero-order chi connectivity index (χ0) is 14.7. The van der Waals surface area contributed by atoms with Gasteiger partial charge in [0.25, 0.3) is 0 Å². The Bertz CT molecular complexity index is 630. The van der Waals surface area contributed by atoms with Gasteiger partial charge in [0.2, 0.25) is 0 Å². The highest BCUT2D eigenvalue weighted by Gasteiger charge is 2.15. The molecule has 4 nitrogen and oxygen atoms in total. The maximum Gasteiger partial charge on any atom is 0.179 e. The summed E-state index contributed by atoms with van der Waals surface area (Å²) in [5.41, 5.74) is 4.05. The molecule has 0 saturated carbocycles. The van der Waals surface area contributed by atoms with Crippen molar-refractivity contribution in [1.29, 1.82) is 0 Å². The SMILES string of the molecule is Cc1ncsc1CNCc1cc(Cl)c2c(c1)OCCCO2. The minimum Gasteiger partial charge on any atom is -0.489 e. The highest BCUT2D eigenvalue weighted by Crippen LogP contribution is 2.37. The van der Waals surface area contributed by atoms with Gasteiger partial charge in [-0.2, -0.15) is 0 Å². The molecule has 0 fully saturated rings. The Balaban J connectivity index is 1.67. The average Bonchev–Trinajstić information content (AvgIpc) is 2.73. The fraction of sp³-hybridized carbons (Fsp3) is 0.400. The number of nitrogens with zero attached hydrogens (tertiary/aromatic N) is 1. The van der Waals surface area contributed by atoms with Gasteiger partial charge >= 0.3 is 0 Å². The second-order valence-electron chi connectivity index (χ2n) is 4.92. The maximum absolute atomic E-state index is 6.28. The van der Waals surface area contributed by atoms with Gasteiger partial charge in [-0.25, -0.2) is 4.98 Å². The lowest BCUT2D eigenvalue weighted by Gasteiger charge is -2.12. The van der Waals surface area contributed by atoms with E-state index in [1.165, 1.54) is 4.88 Å². The zero-order valence-corrected chi connectivity index (χ0v) is 13.4. The van der Waals surface area contributed by atoms with Gasteiger partial charge < -0.3 is 14.8 Å². The Labute approximate surface area is 133 Å². The monoisotopic (exact) mass is 324 g/mol. The molecule has 0 saturated heterocycles. The first-order valence-corrected chi connectivity index (χ1v) is 8.17. The van der Waals surface area contributed by atoms with Crippen molar-refractivity contribution < 1.29 is 9.47 Å². The molecule has 0 amide bonds. The number of benzene rings is 1. The second-order valence-corrected chi connectivity index (χ2v) is 6.27. The molecule has 3 rings (SSSR count). The van der Waals surface area contributed by atoms with Gasteiger partial charge in [0, 0.05) is 24.4 Å². The smallest absolute Gasteiger partial charge is 0.179 e. The van der Waals surface area contributed by atoms with Crippen LogP contribution < -0.4 is 14.8 Å². The molecule has 2 aromatic rings. The Morgan fingerprint density at radius 2 is 2.14 bits per heavy atom. The molecule has 6 heteroatoms. The van der Waals surface area contributed by atoms with Crippen LogP contribution in [-0.4, -0.2) is 18.2 Å². The number of rotatable bonds is 4. The van der Waals surface area contributed by atoms with Crippen LogP contribution in [0.4, 0.5) is 0 Å². The lowest BCUT2D eigenvalue weighted by atomic mass is 10.2. The summed E-state index contributed by atoms with van der Waals surface area (Å²) < 4.78 is 11.3. The molecule has 1 aromatic carbocycles. The van der Waals surface area contributed by atoms with Gasteiger partial charge in [-0.15, -0.1) is 11.3 Å². The van der Waals surface area contributed by atoms with E-state index in [2.05, 4.69) is 10.3 Å². The third kappa shape index (κ3) is 3.48. The van der Waals surface area contributed by atoms with E-state index in [9.17, 15) is 0 Å². The minimum atomic E-state index is 0.611. The highest BCUT2D eigenvalue weighted by atomic mass is 35.5. The highest BCUT2D eigenvalue weighted by molar-refractivity contribution is 7.09. The molecule has 1 N–H and O–H groups in total. The number of hydrogen-bond donors (Lipinski definition) is 1. The molecule has 1 aliphatic rings. The van der Waals surface area contributed by atoms with Crippen molar-refractivity contribution in [1.82, 2.24) is 10.3 Å². The lowest BCUT2D eigenvalue weighted by Crippen LogP contribution is -2.12. The third-order valence-electron chi connectivity index (χ3n) is 3.32. The number of aromatic nitrogens is 1. The number of halogens is 1. The Hall–Kier alpha value is -1.30. The van der Waals surface area contributed by atoms with E-state index >= 15 is 0 Å².